The summed E-state index contributed by atoms with van der Waals surface area (Å²) in [5.74, 6) is 1.26. The Balaban J connectivity index is 3.00. The van der Waals surface area contributed by atoms with E-state index in [4.69, 9.17) is 9.47 Å². The fraction of sp³-hybridized carbons (Fsp3) is 0.455. The molecular weight excluding hydrogens is 324 g/mol. The van der Waals surface area contributed by atoms with Crippen molar-refractivity contribution in [2.45, 2.75) is 19.8 Å². The molecule has 1 rings (SSSR count). The first-order valence-electron chi connectivity index (χ1n) is 4.67. The fourth-order valence-electron chi connectivity index (χ4n) is 1.22. The van der Waals surface area contributed by atoms with Gasteiger partial charge in [0.25, 0.3) is 0 Å². The van der Waals surface area contributed by atoms with Crippen molar-refractivity contribution in [3.05, 3.63) is 26.6 Å². The number of ether oxygens (including phenoxy) is 2. The molecule has 0 aliphatic heterocycles. The highest BCUT2D eigenvalue weighted by atomic mass is 79.9. The molecule has 0 aliphatic carbocycles. The minimum atomic E-state index is 0.262. The predicted molar refractivity (Wildman–Crippen MR) is 68.4 cm³/mol. The molecule has 1 aromatic rings. The summed E-state index contributed by atoms with van der Waals surface area (Å²) >= 11 is 6.98. The average Bonchev–Trinajstić information content (AvgIpc) is 2.16. The standard InChI is InChI=1S/C11H14Br2O2/c1-7(2)8-4-11(15-6-14-3)10(13)5-9(8)12/h4-5,7H,6H2,1-3H3. The maximum atomic E-state index is 5.44. The van der Waals surface area contributed by atoms with Crippen LogP contribution in [0.3, 0.4) is 0 Å². The van der Waals surface area contributed by atoms with Crippen molar-refractivity contribution in [2.24, 2.45) is 0 Å². The van der Waals surface area contributed by atoms with Crippen LogP contribution in [-0.2, 0) is 4.74 Å². The fourth-order valence-corrected chi connectivity index (χ4v) is 2.79. The van der Waals surface area contributed by atoms with E-state index in [0.717, 1.165) is 14.7 Å². The molecule has 15 heavy (non-hydrogen) atoms. The zero-order valence-corrected chi connectivity index (χ0v) is 12.2. The van der Waals surface area contributed by atoms with Gasteiger partial charge in [0.05, 0.1) is 4.47 Å². The van der Waals surface area contributed by atoms with E-state index in [2.05, 4.69) is 45.7 Å². The lowest BCUT2D eigenvalue weighted by atomic mass is 10.0. The normalized spacial score (nSPS) is 10.8. The lowest BCUT2D eigenvalue weighted by molar-refractivity contribution is 0.0505. The first kappa shape index (κ1) is 13.0. The Bertz CT molecular complexity index is 338. The molecule has 0 heterocycles. The molecule has 0 saturated carbocycles. The van der Waals surface area contributed by atoms with E-state index >= 15 is 0 Å². The Hall–Kier alpha value is -0.0600. The number of benzene rings is 1. The summed E-state index contributed by atoms with van der Waals surface area (Å²) in [5, 5.41) is 0. The molecule has 4 heteroatoms. The highest BCUT2D eigenvalue weighted by molar-refractivity contribution is 9.11. The zero-order valence-electron chi connectivity index (χ0n) is 9.01. The summed E-state index contributed by atoms with van der Waals surface area (Å²) < 4.78 is 12.3. The van der Waals surface area contributed by atoms with Gasteiger partial charge in [-0.15, -0.1) is 0 Å². The quantitative estimate of drug-likeness (QED) is 0.762. The van der Waals surface area contributed by atoms with Gasteiger partial charge in [-0.3, -0.25) is 0 Å². The molecule has 0 amide bonds. The van der Waals surface area contributed by atoms with Crippen LogP contribution in [0.2, 0.25) is 0 Å². The molecule has 1 aromatic carbocycles. The zero-order chi connectivity index (χ0) is 11.4. The van der Waals surface area contributed by atoms with Crippen molar-refractivity contribution >= 4 is 31.9 Å². The minimum Gasteiger partial charge on any atom is -0.466 e. The molecule has 0 bridgehead atoms. The second kappa shape index (κ2) is 5.87. The van der Waals surface area contributed by atoms with Gasteiger partial charge in [0.2, 0.25) is 0 Å². The van der Waals surface area contributed by atoms with Crippen LogP contribution in [0, 0.1) is 0 Å². The SMILES string of the molecule is COCOc1cc(C(C)C)c(Br)cc1Br. The van der Waals surface area contributed by atoms with Crippen LogP contribution in [0.4, 0.5) is 0 Å². The van der Waals surface area contributed by atoms with E-state index in [1.54, 1.807) is 7.11 Å². The first-order chi connectivity index (χ1) is 7.06. The molecule has 0 unspecified atom stereocenters. The predicted octanol–water partition coefficient (Wildman–Crippen LogP) is 4.32. The Morgan fingerprint density at radius 3 is 2.40 bits per heavy atom. The van der Waals surface area contributed by atoms with E-state index in [-0.39, 0.29) is 6.79 Å². The number of hydrogen-bond donors (Lipinski definition) is 0. The Labute approximate surface area is 107 Å². The number of rotatable bonds is 4. The lowest BCUT2D eigenvalue weighted by Gasteiger charge is -2.13. The second-order valence-electron chi connectivity index (χ2n) is 3.51. The Morgan fingerprint density at radius 1 is 1.20 bits per heavy atom. The van der Waals surface area contributed by atoms with Crippen molar-refractivity contribution in [3.63, 3.8) is 0 Å². The van der Waals surface area contributed by atoms with E-state index in [9.17, 15) is 0 Å². The molecule has 0 atom stereocenters. The van der Waals surface area contributed by atoms with E-state index < -0.39 is 0 Å². The van der Waals surface area contributed by atoms with Gasteiger partial charge >= 0.3 is 0 Å². The van der Waals surface area contributed by atoms with Gasteiger partial charge in [-0.25, -0.2) is 0 Å². The van der Waals surface area contributed by atoms with Crippen molar-refractivity contribution < 1.29 is 9.47 Å². The summed E-state index contributed by atoms with van der Waals surface area (Å²) in [6, 6.07) is 4.03. The van der Waals surface area contributed by atoms with E-state index in [1.807, 2.05) is 12.1 Å². The van der Waals surface area contributed by atoms with Crippen molar-refractivity contribution in [1.82, 2.24) is 0 Å². The third kappa shape index (κ3) is 3.47. The van der Waals surface area contributed by atoms with Crippen LogP contribution in [0.15, 0.2) is 21.1 Å². The van der Waals surface area contributed by atoms with E-state index in [1.165, 1.54) is 5.56 Å². The lowest BCUT2D eigenvalue weighted by Crippen LogP contribution is -2.01. The summed E-state index contributed by atoms with van der Waals surface area (Å²) in [6.07, 6.45) is 0. The van der Waals surface area contributed by atoms with Crippen LogP contribution in [-0.4, -0.2) is 13.9 Å². The van der Waals surface area contributed by atoms with Gasteiger partial charge in [0.1, 0.15) is 5.75 Å². The van der Waals surface area contributed by atoms with Crippen molar-refractivity contribution in [2.75, 3.05) is 13.9 Å². The average molecular weight is 338 g/mol. The van der Waals surface area contributed by atoms with Gasteiger partial charge in [-0.2, -0.15) is 0 Å². The van der Waals surface area contributed by atoms with Gasteiger partial charge in [0, 0.05) is 11.6 Å². The highest BCUT2D eigenvalue weighted by Crippen LogP contribution is 2.34. The topological polar surface area (TPSA) is 18.5 Å². The molecule has 0 aliphatic rings. The maximum Gasteiger partial charge on any atom is 0.188 e. The molecule has 84 valence electrons. The van der Waals surface area contributed by atoms with Gasteiger partial charge in [0.15, 0.2) is 6.79 Å². The second-order valence-corrected chi connectivity index (χ2v) is 5.22. The van der Waals surface area contributed by atoms with Gasteiger partial charge in [-0.05, 0) is 39.5 Å². The maximum absolute atomic E-state index is 5.44. The molecule has 0 spiro atoms. The van der Waals surface area contributed by atoms with Crippen molar-refractivity contribution in [1.29, 1.82) is 0 Å². The van der Waals surface area contributed by atoms with Crippen LogP contribution in [0.25, 0.3) is 0 Å². The summed E-state index contributed by atoms with van der Waals surface area (Å²) in [5.41, 5.74) is 1.23. The van der Waals surface area contributed by atoms with Crippen LogP contribution < -0.4 is 4.74 Å². The van der Waals surface area contributed by atoms with Crippen LogP contribution >= 0.6 is 31.9 Å². The summed E-state index contributed by atoms with van der Waals surface area (Å²) in [4.78, 5) is 0. The number of hydrogen-bond acceptors (Lipinski definition) is 2. The highest BCUT2D eigenvalue weighted by Gasteiger charge is 2.10. The summed E-state index contributed by atoms with van der Waals surface area (Å²) in [6.45, 7) is 4.56. The van der Waals surface area contributed by atoms with Gasteiger partial charge < -0.3 is 9.47 Å². The smallest absolute Gasteiger partial charge is 0.188 e. The third-order valence-corrected chi connectivity index (χ3v) is 3.31. The molecule has 0 fully saturated rings. The van der Waals surface area contributed by atoms with E-state index in [0.29, 0.717) is 5.92 Å². The minimum absolute atomic E-state index is 0.262. The van der Waals surface area contributed by atoms with Crippen LogP contribution in [0.5, 0.6) is 5.75 Å². The molecular formula is C11H14Br2O2. The van der Waals surface area contributed by atoms with Crippen LogP contribution in [0.1, 0.15) is 25.3 Å². The first-order valence-corrected chi connectivity index (χ1v) is 6.25. The third-order valence-electron chi connectivity index (χ3n) is 2.01. The number of halogens is 2. The monoisotopic (exact) mass is 336 g/mol. The van der Waals surface area contributed by atoms with Crippen molar-refractivity contribution in [3.8, 4) is 5.75 Å². The molecule has 2 nitrogen and oxygen atoms in total. The summed E-state index contributed by atoms with van der Waals surface area (Å²) in [7, 11) is 1.61. The molecule has 0 radical (unpaired) electrons. The Kier molecular flexibility index (Phi) is 5.09. The molecule has 0 N–H and O–H groups in total. The van der Waals surface area contributed by atoms with Gasteiger partial charge in [-0.1, -0.05) is 29.8 Å². The molecule has 0 aromatic heterocycles. The number of methoxy groups -OCH3 is 1. The Morgan fingerprint density at radius 2 is 1.87 bits per heavy atom. The molecule has 0 saturated heterocycles. The largest absolute Gasteiger partial charge is 0.466 e.